The highest BCUT2D eigenvalue weighted by molar-refractivity contribution is 7.79. The Morgan fingerprint density at radius 2 is 0.521 bits per heavy atom. The minimum Gasteiger partial charge on any atom is -0.355 e. The van der Waals surface area contributed by atoms with Crippen LogP contribution in [0.5, 0.6) is 0 Å². The summed E-state index contributed by atoms with van der Waals surface area (Å²) in [5, 5.41) is 22.3. The van der Waals surface area contributed by atoms with Crippen molar-refractivity contribution in [1.82, 2.24) is 18.7 Å². The molecule has 117 heavy (non-hydrogen) atoms. The molecule has 1 N–H and O–H groups in total. The van der Waals surface area contributed by atoms with Crippen LogP contribution in [0.2, 0.25) is 5.02 Å². The lowest BCUT2D eigenvalue weighted by Gasteiger charge is -2.31. The molecule has 2 aliphatic heterocycles. The van der Waals surface area contributed by atoms with Crippen molar-refractivity contribution < 1.29 is 2.85 Å². The Bertz CT molecular complexity index is 7480. The summed E-state index contributed by atoms with van der Waals surface area (Å²) in [6.45, 7) is 0. The van der Waals surface area contributed by atoms with Gasteiger partial charge in [-0.2, -0.15) is 12.6 Å². The molecule has 2 aliphatic rings. The van der Waals surface area contributed by atoms with Gasteiger partial charge in [0.05, 0.1) is 33.1 Å². The van der Waals surface area contributed by atoms with Gasteiger partial charge in [0.2, 0.25) is 0 Å². The number of halogens is 1. The molecule has 24 rings (SSSR count). The van der Waals surface area contributed by atoms with E-state index in [9.17, 15) is 0 Å². The highest BCUT2D eigenvalue weighted by Gasteiger charge is 2.50. The molecule has 6 heterocycles. The summed E-state index contributed by atoms with van der Waals surface area (Å²) < 4.78 is 7.23. The number of para-hydroxylation sites is 6. The Kier molecular flexibility index (Phi) is 18.0. The van der Waals surface area contributed by atoms with E-state index in [4.69, 9.17) is 11.6 Å². The molecular formula is C109H81ClN4SSi2. The molecule has 4 nitrogen and oxygen atoms in total. The standard InChI is InChI=1S/C54H36N2Si.C30H20N2.C24H17ClSi.CH4S.2H2/c1-4-16-39(17-5-1)55-49-25-13-10-22-43(49)47-34-37(28-32-51(47)55)38-29-33-52-48(35-38)44-23-11-14-26-50(44)56(52)40-30-31-46-45-24-12-15-27-53(45)57(54(46)36-40,41-18-6-2-7-19-41)42-20-8-3-9-21-42;1-2-8-22(9-3-1)32-29-13-7-5-11-24(29)26-19-21(15-17-30(26)32)20-14-16-28-25(18-20)23-10-4-6-12-27(23)31-28;25-18-15-16-22-21-13-7-8-14-23(21)26(24(22)17-18,19-9-3-1-4-10-19)20-11-5-2-6-12-20;1-2;;/h1-36H;1-19,31H;1-17H;2H,1H3;2*1H. The third-order valence-electron chi connectivity index (χ3n) is 24.3. The molecule has 0 radical (unpaired) electrons. The maximum absolute atomic E-state index is 6.49. The first kappa shape index (κ1) is 71.0. The van der Waals surface area contributed by atoms with Gasteiger partial charge in [-0.3, -0.25) is 0 Å². The van der Waals surface area contributed by atoms with Gasteiger partial charge in [0.15, 0.2) is 16.1 Å². The molecule has 0 fully saturated rings. The monoisotopic (exact) mass is 1570 g/mol. The summed E-state index contributed by atoms with van der Waals surface area (Å²) in [5.74, 6) is 0. The van der Waals surface area contributed by atoms with Crippen molar-refractivity contribution in [3.05, 3.63) is 442 Å². The number of aromatic amines is 1. The predicted molar refractivity (Wildman–Crippen MR) is 512 cm³/mol. The van der Waals surface area contributed by atoms with E-state index in [2.05, 4.69) is 462 Å². The molecule has 0 saturated heterocycles. The number of fused-ring (bicyclic) bond motifs is 18. The summed E-state index contributed by atoms with van der Waals surface area (Å²) in [5.41, 5.74) is 23.5. The van der Waals surface area contributed by atoms with E-state index in [-0.39, 0.29) is 2.85 Å². The Morgan fingerprint density at radius 1 is 0.222 bits per heavy atom. The number of nitrogens with zero attached hydrogens (tertiary/aromatic N) is 3. The van der Waals surface area contributed by atoms with Crippen LogP contribution in [0.15, 0.2) is 437 Å². The fourth-order valence-electron chi connectivity index (χ4n) is 19.5. The lowest BCUT2D eigenvalue weighted by atomic mass is 10.0. The normalized spacial score (nSPS) is 12.7. The van der Waals surface area contributed by atoms with E-state index in [1.54, 1.807) is 6.26 Å². The average Bonchev–Trinajstić information content (AvgIpc) is 1.51. The van der Waals surface area contributed by atoms with Gasteiger partial charge in [0, 0.05) is 79.1 Å². The van der Waals surface area contributed by atoms with Crippen molar-refractivity contribution in [3.63, 3.8) is 0 Å². The fourth-order valence-corrected chi connectivity index (χ4v) is 30.1. The van der Waals surface area contributed by atoms with Gasteiger partial charge in [-0.1, -0.05) is 327 Å². The maximum Gasteiger partial charge on any atom is 0.180 e. The van der Waals surface area contributed by atoms with E-state index in [0.717, 1.165) is 5.02 Å². The van der Waals surface area contributed by atoms with Crippen LogP contribution in [0.25, 0.3) is 149 Å². The van der Waals surface area contributed by atoms with E-state index >= 15 is 0 Å². The molecule has 22 aromatic rings. The summed E-state index contributed by atoms with van der Waals surface area (Å²) in [6.07, 6.45) is 1.69. The van der Waals surface area contributed by atoms with Crippen LogP contribution in [0.3, 0.4) is 0 Å². The molecule has 0 amide bonds. The lowest BCUT2D eigenvalue weighted by Crippen LogP contribution is -2.72. The molecule has 0 atom stereocenters. The van der Waals surface area contributed by atoms with Crippen LogP contribution in [-0.2, 0) is 0 Å². The van der Waals surface area contributed by atoms with Gasteiger partial charge in [-0.15, -0.1) is 0 Å². The maximum atomic E-state index is 6.49. The fraction of sp³-hybridized carbons (Fsp3) is 0.00917. The van der Waals surface area contributed by atoms with Crippen molar-refractivity contribution >= 4 is 169 Å². The molecule has 4 aromatic heterocycles. The van der Waals surface area contributed by atoms with Gasteiger partial charge in [-0.05, 0) is 214 Å². The van der Waals surface area contributed by atoms with E-state index < -0.39 is 16.1 Å². The van der Waals surface area contributed by atoms with E-state index in [0.29, 0.717) is 0 Å². The van der Waals surface area contributed by atoms with Gasteiger partial charge < -0.3 is 18.7 Å². The number of thiol groups is 1. The molecule has 558 valence electrons. The molecule has 0 bridgehead atoms. The molecule has 0 aliphatic carbocycles. The number of rotatable bonds is 9. The minimum absolute atomic E-state index is 0. The Labute approximate surface area is 695 Å². The molecule has 8 heteroatoms. The highest BCUT2D eigenvalue weighted by Crippen LogP contribution is 2.42. The van der Waals surface area contributed by atoms with Gasteiger partial charge in [-0.25, -0.2) is 0 Å². The van der Waals surface area contributed by atoms with Crippen LogP contribution in [0.1, 0.15) is 2.85 Å². The zero-order valence-corrected chi connectivity index (χ0v) is 67.9. The van der Waals surface area contributed by atoms with Crippen molar-refractivity contribution in [2.75, 3.05) is 6.26 Å². The largest absolute Gasteiger partial charge is 0.355 e. The lowest BCUT2D eigenvalue weighted by molar-refractivity contribution is 1.18. The quantitative estimate of drug-likeness (QED) is 0.107. The first-order valence-corrected chi connectivity index (χ1v) is 45.3. The minimum atomic E-state index is -2.64. The van der Waals surface area contributed by atoms with Crippen LogP contribution < -0.4 is 41.5 Å². The van der Waals surface area contributed by atoms with Crippen LogP contribution in [-0.4, -0.2) is 41.1 Å². The molecule has 0 unspecified atom stereocenters. The van der Waals surface area contributed by atoms with Gasteiger partial charge >= 0.3 is 0 Å². The van der Waals surface area contributed by atoms with Crippen LogP contribution in [0, 0.1) is 0 Å². The Hall–Kier alpha value is -13.8. The third-order valence-corrected chi connectivity index (χ3v) is 34.3. The first-order chi connectivity index (χ1) is 58.0. The average molecular weight is 1570 g/mol. The van der Waals surface area contributed by atoms with E-state index in [1.807, 2.05) is 6.07 Å². The number of hydrogen-bond acceptors (Lipinski definition) is 1. The number of benzene rings is 18. The predicted octanol–water partition coefficient (Wildman–Crippen LogP) is 23.7. The highest BCUT2D eigenvalue weighted by atomic mass is 35.5. The zero-order valence-electron chi connectivity index (χ0n) is 64.2. The molecular weight excluding hydrogens is 1490 g/mol. The zero-order chi connectivity index (χ0) is 78.1. The smallest absolute Gasteiger partial charge is 0.180 e. The molecule has 0 saturated carbocycles. The van der Waals surface area contributed by atoms with Crippen LogP contribution >= 0.6 is 24.2 Å². The summed E-state index contributed by atoms with van der Waals surface area (Å²) in [6, 6.07) is 160. The Balaban J connectivity index is 0.000000128. The molecule has 18 aromatic carbocycles. The number of aromatic nitrogens is 4. The second-order valence-corrected chi connectivity index (χ2v) is 38.2. The van der Waals surface area contributed by atoms with Crippen molar-refractivity contribution in [3.8, 4) is 61.6 Å². The number of hydrogen-bond donors (Lipinski definition) is 2. The van der Waals surface area contributed by atoms with Gasteiger partial charge in [0.1, 0.15) is 0 Å². The topological polar surface area (TPSA) is 30.6 Å². The van der Waals surface area contributed by atoms with E-state index in [1.165, 1.54) is 190 Å². The number of nitrogens with one attached hydrogen (secondary N) is 1. The number of H-pyrrole nitrogens is 1. The summed E-state index contributed by atoms with van der Waals surface area (Å²) >= 11 is 10.0. The summed E-state index contributed by atoms with van der Waals surface area (Å²) in [7, 11) is -4.98. The summed E-state index contributed by atoms with van der Waals surface area (Å²) in [4.78, 5) is 3.53. The third kappa shape index (κ3) is 11.5. The van der Waals surface area contributed by atoms with Gasteiger partial charge in [0.25, 0.3) is 0 Å². The first-order valence-electron chi connectivity index (χ1n) is 40.0. The SMILES string of the molecule is CS.Clc1ccc2c(c1)[Si](c1ccccc1)(c1ccccc1)c1ccccc1-2.[HH].[HH].c1ccc(-n2c3ccccc3c3cc(-c4ccc5[nH]c6ccccc6c5c4)ccc32)cc1.c1ccc(-n2c3ccccc3c3cc(-c4ccc5c(c4)c4ccccc4n5-c4ccc5c(c4)[Si](c4ccccc4)(c4ccccc4)c4ccccc4-5)ccc32)cc1. The second kappa shape index (κ2) is 29.6. The molecule has 0 spiro atoms. The van der Waals surface area contributed by atoms with Crippen molar-refractivity contribution in [1.29, 1.82) is 0 Å². The van der Waals surface area contributed by atoms with Crippen molar-refractivity contribution in [2.45, 2.75) is 0 Å². The Morgan fingerprint density at radius 3 is 0.949 bits per heavy atom. The van der Waals surface area contributed by atoms with Crippen LogP contribution in [0.4, 0.5) is 0 Å². The van der Waals surface area contributed by atoms with Crippen molar-refractivity contribution in [2.24, 2.45) is 0 Å². The second-order valence-electron chi connectivity index (χ2n) is 30.3.